The van der Waals surface area contributed by atoms with E-state index in [0.717, 1.165) is 5.30 Å². The zero-order valence-electron chi connectivity index (χ0n) is 9.15. The van der Waals surface area contributed by atoms with Crippen molar-refractivity contribution in [2.75, 3.05) is 6.66 Å². The fourth-order valence-corrected chi connectivity index (χ4v) is 6.59. The smallest absolute Gasteiger partial charge is 0.219 e. The van der Waals surface area contributed by atoms with E-state index in [4.69, 9.17) is 4.21 Å². The Labute approximate surface area is 86.9 Å². The van der Waals surface area contributed by atoms with Crippen LogP contribution in [0.4, 0.5) is 0 Å². The van der Waals surface area contributed by atoms with Crippen molar-refractivity contribution in [3.05, 3.63) is 30.3 Å². The molecule has 0 saturated heterocycles. The van der Waals surface area contributed by atoms with Gasteiger partial charge in [0.25, 0.3) is 0 Å². The minimum absolute atomic E-state index is 0.808. The van der Waals surface area contributed by atoms with Crippen LogP contribution in [0.5, 0.6) is 0 Å². The summed E-state index contributed by atoms with van der Waals surface area (Å²) in [5.41, 5.74) is 0. The van der Waals surface area contributed by atoms with Crippen molar-refractivity contribution in [1.29, 1.82) is 0 Å². The average molecular weight is 228 g/mol. The normalized spacial score (nSPS) is 16.3. The van der Waals surface area contributed by atoms with Gasteiger partial charge >= 0.3 is 0 Å². The van der Waals surface area contributed by atoms with Crippen LogP contribution >= 0.6 is 7.37 Å². The minimum atomic E-state index is -2.60. The molecule has 0 aromatic heterocycles. The fraction of sp³-hybridized carbons (Fsp3) is 0.400. The van der Waals surface area contributed by atoms with E-state index in [1.54, 1.807) is 6.66 Å². The molecular weight excluding hydrogens is 211 g/mol. The monoisotopic (exact) mass is 228 g/mol. The second-order valence-electron chi connectivity index (χ2n) is 4.39. The highest BCUT2D eigenvalue weighted by molar-refractivity contribution is 7.67. The molecule has 0 spiro atoms. The summed E-state index contributed by atoms with van der Waals surface area (Å²) < 4.78 is 17.9. The van der Waals surface area contributed by atoms with Crippen molar-refractivity contribution in [3.63, 3.8) is 0 Å². The lowest BCUT2D eigenvalue weighted by molar-refractivity contribution is 0.498. The Balaban J connectivity index is 2.93. The first-order valence-corrected chi connectivity index (χ1v) is 10.1. The first-order chi connectivity index (χ1) is 6.31. The van der Waals surface area contributed by atoms with E-state index in [2.05, 4.69) is 0 Å². The topological polar surface area (TPSA) is 26.3 Å². The minimum Gasteiger partial charge on any atom is -0.367 e. The van der Waals surface area contributed by atoms with Crippen molar-refractivity contribution >= 4 is 21.0 Å². The molecule has 0 aliphatic heterocycles. The molecule has 0 heterocycles. The lowest BCUT2D eigenvalue weighted by Gasteiger charge is -2.23. The van der Waals surface area contributed by atoms with Gasteiger partial charge in [0.2, 0.25) is 7.37 Å². The van der Waals surface area contributed by atoms with Crippen molar-refractivity contribution in [3.8, 4) is 0 Å². The summed E-state index contributed by atoms with van der Waals surface area (Å²) in [5, 5.41) is 0.808. The largest absolute Gasteiger partial charge is 0.367 e. The molecule has 0 aliphatic rings. The molecule has 0 saturated carbocycles. The second kappa shape index (κ2) is 4.01. The Hall–Kier alpha value is -0.373. The van der Waals surface area contributed by atoms with Gasteiger partial charge in [-0.15, -0.1) is 0 Å². The first kappa shape index (κ1) is 11.7. The molecule has 2 nitrogen and oxygen atoms in total. The molecule has 78 valence electrons. The van der Waals surface area contributed by atoms with Crippen LogP contribution in [-0.2, 0) is 8.78 Å². The van der Waals surface area contributed by atoms with Gasteiger partial charge in [-0.25, -0.2) is 0 Å². The van der Waals surface area contributed by atoms with E-state index in [1.807, 2.05) is 50.0 Å². The molecule has 1 rings (SSSR count). The molecule has 0 aliphatic carbocycles. The molecule has 4 heteroatoms. The lowest BCUT2D eigenvalue weighted by atomic mass is 10.4. The molecule has 14 heavy (non-hydrogen) atoms. The number of benzene rings is 1. The van der Waals surface area contributed by atoms with Crippen LogP contribution in [-0.4, -0.2) is 15.0 Å². The molecule has 0 radical (unpaired) electrons. The lowest BCUT2D eigenvalue weighted by Crippen LogP contribution is -2.26. The summed E-state index contributed by atoms with van der Waals surface area (Å²) in [4.78, 5) is 0. The van der Waals surface area contributed by atoms with Gasteiger partial charge in [0.15, 0.2) is 8.32 Å². The third-order valence-electron chi connectivity index (χ3n) is 1.67. The van der Waals surface area contributed by atoms with Crippen molar-refractivity contribution in [1.82, 2.24) is 0 Å². The predicted molar refractivity (Wildman–Crippen MR) is 64.0 cm³/mol. The molecular formula is C10H17O2PSi. The number of hydrogen-bond donors (Lipinski definition) is 0. The second-order valence-corrected chi connectivity index (χ2v) is 11.5. The van der Waals surface area contributed by atoms with Gasteiger partial charge in [-0.2, -0.15) is 0 Å². The Morgan fingerprint density at radius 3 is 2.07 bits per heavy atom. The maximum Gasteiger partial charge on any atom is 0.219 e. The van der Waals surface area contributed by atoms with Gasteiger partial charge in [-0.3, -0.25) is 4.57 Å². The molecule has 1 aromatic carbocycles. The maximum atomic E-state index is 12.2. The van der Waals surface area contributed by atoms with E-state index in [1.165, 1.54) is 0 Å². The van der Waals surface area contributed by atoms with Crippen LogP contribution in [0.1, 0.15) is 0 Å². The van der Waals surface area contributed by atoms with Crippen molar-refractivity contribution < 1.29 is 8.78 Å². The molecule has 1 unspecified atom stereocenters. The standard InChI is InChI=1S/C10H17O2PSi/c1-13(11,12-14(2,3)4)10-8-6-5-7-9-10/h5-9H,1-4H3. The summed E-state index contributed by atoms with van der Waals surface area (Å²) in [6.07, 6.45) is 0. The molecule has 0 N–H and O–H groups in total. The van der Waals surface area contributed by atoms with E-state index in [0.29, 0.717) is 0 Å². The first-order valence-electron chi connectivity index (χ1n) is 4.65. The SMILES string of the molecule is C[Si](C)(C)OP(C)(=O)c1ccccc1. The zero-order chi connectivity index (χ0) is 10.8. The number of hydrogen-bond acceptors (Lipinski definition) is 2. The summed E-state index contributed by atoms with van der Waals surface area (Å²) in [7, 11) is -4.34. The van der Waals surface area contributed by atoms with Gasteiger partial charge < -0.3 is 4.21 Å². The van der Waals surface area contributed by atoms with Gasteiger partial charge in [-0.1, -0.05) is 18.2 Å². The van der Waals surface area contributed by atoms with E-state index in [-0.39, 0.29) is 0 Å². The van der Waals surface area contributed by atoms with Gasteiger partial charge in [-0.05, 0) is 31.8 Å². The molecule has 1 aromatic rings. The zero-order valence-corrected chi connectivity index (χ0v) is 11.0. The van der Waals surface area contributed by atoms with Crippen LogP contribution in [0.2, 0.25) is 19.6 Å². The van der Waals surface area contributed by atoms with E-state index >= 15 is 0 Å². The van der Waals surface area contributed by atoms with Crippen LogP contribution in [0.25, 0.3) is 0 Å². The quantitative estimate of drug-likeness (QED) is 0.587. The Kier molecular flexibility index (Phi) is 3.35. The highest BCUT2D eigenvalue weighted by Gasteiger charge is 2.27. The summed E-state index contributed by atoms with van der Waals surface area (Å²) in [6.45, 7) is 7.84. The number of rotatable bonds is 3. The molecule has 0 bridgehead atoms. The Bertz CT molecular complexity index is 343. The molecule has 0 fully saturated rings. The summed E-state index contributed by atoms with van der Waals surface area (Å²) in [6, 6.07) is 9.41. The predicted octanol–water partition coefficient (Wildman–Crippen LogP) is 3.07. The summed E-state index contributed by atoms with van der Waals surface area (Å²) >= 11 is 0. The van der Waals surface area contributed by atoms with Gasteiger partial charge in [0.05, 0.1) is 0 Å². The molecule has 0 amide bonds. The van der Waals surface area contributed by atoms with E-state index in [9.17, 15) is 4.57 Å². The highest BCUT2D eigenvalue weighted by atomic mass is 31.2. The summed E-state index contributed by atoms with van der Waals surface area (Å²) in [5.74, 6) is 0. The highest BCUT2D eigenvalue weighted by Crippen LogP contribution is 2.44. The maximum absolute atomic E-state index is 12.2. The van der Waals surface area contributed by atoms with Crippen LogP contribution in [0, 0.1) is 0 Å². The Morgan fingerprint density at radius 2 is 1.64 bits per heavy atom. The van der Waals surface area contributed by atoms with Crippen molar-refractivity contribution in [2.24, 2.45) is 0 Å². The third kappa shape index (κ3) is 3.41. The van der Waals surface area contributed by atoms with Crippen LogP contribution < -0.4 is 5.30 Å². The van der Waals surface area contributed by atoms with Gasteiger partial charge in [0.1, 0.15) is 0 Å². The van der Waals surface area contributed by atoms with E-state index < -0.39 is 15.7 Å². The average Bonchev–Trinajstić information content (AvgIpc) is 2.01. The Morgan fingerprint density at radius 1 is 1.14 bits per heavy atom. The van der Waals surface area contributed by atoms with Crippen LogP contribution in [0.15, 0.2) is 30.3 Å². The molecule has 1 atom stereocenters. The third-order valence-corrected chi connectivity index (χ3v) is 6.49. The van der Waals surface area contributed by atoms with Gasteiger partial charge in [0, 0.05) is 12.0 Å². The van der Waals surface area contributed by atoms with Crippen molar-refractivity contribution in [2.45, 2.75) is 19.6 Å². The fourth-order valence-electron chi connectivity index (χ4n) is 1.27. The van der Waals surface area contributed by atoms with Crippen LogP contribution in [0.3, 0.4) is 0 Å².